The van der Waals surface area contributed by atoms with E-state index in [-0.39, 0.29) is 17.2 Å². The van der Waals surface area contributed by atoms with Crippen molar-refractivity contribution in [1.82, 2.24) is 4.31 Å². The van der Waals surface area contributed by atoms with Crippen LogP contribution in [0, 0.1) is 19.8 Å². The average molecular weight is 401 g/mol. The van der Waals surface area contributed by atoms with E-state index in [0.717, 1.165) is 24.1 Å². The van der Waals surface area contributed by atoms with Crippen molar-refractivity contribution in [3.8, 4) is 0 Å². The molecule has 1 heterocycles. The van der Waals surface area contributed by atoms with Crippen molar-refractivity contribution in [3.63, 3.8) is 0 Å². The van der Waals surface area contributed by atoms with E-state index >= 15 is 0 Å². The fourth-order valence-corrected chi connectivity index (χ4v) is 5.01. The quantitative estimate of drug-likeness (QED) is 0.744. The molecule has 28 heavy (non-hydrogen) atoms. The van der Waals surface area contributed by atoms with Gasteiger partial charge in [-0.25, -0.2) is 8.42 Å². The number of nitrogens with zero attached hydrogens (tertiary/aromatic N) is 1. The van der Waals surface area contributed by atoms with Crippen LogP contribution in [0.15, 0.2) is 47.4 Å². The van der Waals surface area contributed by atoms with Gasteiger partial charge in [-0.15, -0.1) is 0 Å². The molecule has 1 fully saturated rings. The number of benzene rings is 2. The Morgan fingerprint density at radius 3 is 2.50 bits per heavy atom. The summed E-state index contributed by atoms with van der Waals surface area (Å²) in [6, 6.07) is 12.4. The molecule has 5 nitrogen and oxygen atoms in total. The van der Waals surface area contributed by atoms with Gasteiger partial charge in [0.15, 0.2) is 5.78 Å². The van der Waals surface area contributed by atoms with Gasteiger partial charge in [-0.05, 0) is 56.4 Å². The Morgan fingerprint density at radius 2 is 1.82 bits per heavy atom. The molecule has 1 N–H and O–H groups in total. The number of hydrogen-bond acceptors (Lipinski definition) is 4. The number of carbonyl (C=O) groups is 1. The first-order valence-corrected chi connectivity index (χ1v) is 11.2. The summed E-state index contributed by atoms with van der Waals surface area (Å²) < 4.78 is 27.4. The van der Waals surface area contributed by atoms with Crippen LogP contribution in [0.2, 0.25) is 0 Å². The van der Waals surface area contributed by atoms with Crippen LogP contribution in [-0.4, -0.2) is 38.1 Å². The summed E-state index contributed by atoms with van der Waals surface area (Å²) in [6.45, 7) is 7.36. The summed E-state index contributed by atoms with van der Waals surface area (Å²) >= 11 is 0. The number of anilines is 1. The summed E-state index contributed by atoms with van der Waals surface area (Å²) in [7, 11) is -3.56. The molecule has 2 aromatic carbocycles. The maximum Gasteiger partial charge on any atom is 0.243 e. The summed E-state index contributed by atoms with van der Waals surface area (Å²) in [4.78, 5) is 12.8. The van der Waals surface area contributed by atoms with Crippen LogP contribution in [-0.2, 0) is 10.0 Å². The lowest BCUT2D eigenvalue weighted by Crippen LogP contribution is -2.37. The fourth-order valence-electron chi connectivity index (χ4n) is 3.49. The van der Waals surface area contributed by atoms with Gasteiger partial charge in [-0.3, -0.25) is 4.79 Å². The lowest BCUT2D eigenvalue weighted by atomic mass is 10.0. The Hall–Kier alpha value is -2.18. The predicted octanol–water partition coefficient (Wildman–Crippen LogP) is 4.02. The topological polar surface area (TPSA) is 66.5 Å². The van der Waals surface area contributed by atoms with Crippen LogP contribution < -0.4 is 5.32 Å². The number of hydrogen-bond donors (Lipinski definition) is 1. The Bertz CT molecular complexity index is 961. The third-order valence-corrected chi connectivity index (χ3v) is 7.25. The molecule has 0 aliphatic carbocycles. The Labute approximate surface area is 167 Å². The Balaban J connectivity index is 1.72. The van der Waals surface area contributed by atoms with Crippen molar-refractivity contribution < 1.29 is 13.2 Å². The van der Waals surface area contributed by atoms with E-state index in [1.165, 1.54) is 15.9 Å². The molecule has 6 heteroatoms. The molecular formula is C22H28N2O3S. The average Bonchev–Trinajstić information content (AvgIpc) is 2.67. The van der Waals surface area contributed by atoms with E-state index in [2.05, 4.69) is 18.3 Å². The molecule has 1 aliphatic heterocycles. The molecule has 0 radical (unpaired) electrons. The minimum Gasteiger partial charge on any atom is -0.377 e. The van der Waals surface area contributed by atoms with E-state index in [9.17, 15) is 13.2 Å². The molecule has 3 rings (SSSR count). The molecule has 1 aliphatic rings. The Kier molecular flexibility index (Phi) is 6.20. The van der Waals surface area contributed by atoms with Crippen LogP contribution in [0.5, 0.6) is 0 Å². The predicted molar refractivity (Wildman–Crippen MR) is 112 cm³/mol. The monoisotopic (exact) mass is 400 g/mol. The second kappa shape index (κ2) is 8.45. The third-order valence-electron chi connectivity index (χ3n) is 5.36. The summed E-state index contributed by atoms with van der Waals surface area (Å²) in [5.41, 5.74) is 3.55. The maximum atomic E-state index is 12.9. The van der Waals surface area contributed by atoms with E-state index in [4.69, 9.17) is 0 Å². The number of rotatable bonds is 6. The number of nitrogens with one attached hydrogen (secondary N) is 1. The van der Waals surface area contributed by atoms with Crippen LogP contribution in [0.4, 0.5) is 5.69 Å². The van der Waals surface area contributed by atoms with Gasteiger partial charge >= 0.3 is 0 Å². The summed E-state index contributed by atoms with van der Waals surface area (Å²) in [5, 5.41) is 3.16. The first-order valence-electron chi connectivity index (χ1n) is 9.72. The molecule has 2 aromatic rings. The van der Waals surface area contributed by atoms with Gasteiger partial charge in [-0.2, -0.15) is 4.31 Å². The van der Waals surface area contributed by atoms with E-state index in [1.54, 1.807) is 18.2 Å². The van der Waals surface area contributed by atoms with Crippen LogP contribution in [0.1, 0.15) is 41.3 Å². The molecule has 150 valence electrons. The number of aryl methyl sites for hydroxylation is 2. The third kappa shape index (κ3) is 4.62. The standard InChI is InChI=1S/C22H28N2O3S/c1-16-9-11-24(12-10-16)28(26,27)20-6-4-5-19(14-20)22(25)15-23-21-8-7-17(2)13-18(21)3/h4-8,13-14,16,23H,9-12,15H2,1-3H3. The zero-order valence-electron chi connectivity index (χ0n) is 16.7. The molecule has 0 atom stereocenters. The SMILES string of the molecule is Cc1ccc(NCC(=O)c2cccc(S(=O)(=O)N3CCC(C)CC3)c2)c(C)c1. The minimum atomic E-state index is -3.56. The normalized spacial score (nSPS) is 16.1. The number of carbonyl (C=O) groups excluding carboxylic acids is 1. The van der Waals surface area contributed by atoms with Crippen molar-refractivity contribution in [2.45, 2.75) is 38.5 Å². The van der Waals surface area contributed by atoms with Gasteiger partial charge in [-0.1, -0.05) is 36.8 Å². The van der Waals surface area contributed by atoms with Crippen LogP contribution in [0.3, 0.4) is 0 Å². The van der Waals surface area contributed by atoms with Gasteiger partial charge < -0.3 is 5.32 Å². The highest BCUT2D eigenvalue weighted by molar-refractivity contribution is 7.89. The molecule has 0 bridgehead atoms. The zero-order valence-corrected chi connectivity index (χ0v) is 17.6. The highest BCUT2D eigenvalue weighted by Crippen LogP contribution is 2.24. The number of ketones is 1. The fraction of sp³-hybridized carbons (Fsp3) is 0.409. The Morgan fingerprint density at radius 1 is 1.11 bits per heavy atom. The summed E-state index contributed by atoms with van der Waals surface area (Å²) in [6.07, 6.45) is 1.75. The van der Waals surface area contributed by atoms with Crippen molar-refractivity contribution in [3.05, 3.63) is 59.2 Å². The van der Waals surface area contributed by atoms with Gasteiger partial charge in [0.1, 0.15) is 0 Å². The number of piperidine rings is 1. The number of Topliss-reactive ketones (excluding diaryl/α,β-unsaturated/α-hetero) is 1. The highest BCUT2D eigenvalue weighted by Gasteiger charge is 2.28. The van der Waals surface area contributed by atoms with Gasteiger partial charge in [0.2, 0.25) is 10.0 Å². The van der Waals surface area contributed by atoms with Crippen molar-refractivity contribution in [2.24, 2.45) is 5.92 Å². The van der Waals surface area contributed by atoms with E-state index < -0.39 is 10.0 Å². The van der Waals surface area contributed by atoms with Crippen molar-refractivity contribution >= 4 is 21.5 Å². The molecule has 0 unspecified atom stereocenters. The molecule has 0 saturated carbocycles. The lowest BCUT2D eigenvalue weighted by Gasteiger charge is -2.29. The molecule has 0 amide bonds. The first kappa shape index (κ1) is 20.6. The second-order valence-corrected chi connectivity index (χ2v) is 9.65. The molecule has 0 spiro atoms. The first-order chi connectivity index (χ1) is 13.3. The van der Waals surface area contributed by atoms with Gasteiger partial charge in [0, 0.05) is 24.3 Å². The molecule has 1 saturated heterocycles. The molecular weight excluding hydrogens is 372 g/mol. The largest absolute Gasteiger partial charge is 0.377 e. The lowest BCUT2D eigenvalue weighted by molar-refractivity contribution is 0.101. The smallest absolute Gasteiger partial charge is 0.243 e. The number of sulfonamides is 1. The maximum absolute atomic E-state index is 12.9. The highest BCUT2D eigenvalue weighted by atomic mass is 32.2. The second-order valence-electron chi connectivity index (χ2n) is 7.71. The van der Waals surface area contributed by atoms with Gasteiger partial charge in [0.05, 0.1) is 11.4 Å². The van der Waals surface area contributed by atoms with E-state index in [1.807, 2.05) is 26.0 Å². The van der Waals surface area contributed by atoms with Crippen LogP contribution >= 0.6 is 0 Å². The summed E-state index contributed by atoms with van der Waals surface area (Å²) in [5.74, 6) is 0.417. The minimum absolute atomic E-state index is 0.120. The van der Waals surface area contributed by atoms with E-state index in [0.29, 0.717) is 24.6 Å². The van der Waals surface area contributed by atoms with Crippen molar-refractivity contribution in [2.75, 3.05) is 25.0 Å². The molecule has 0 aromatic heterocycles. The van der Waals surface area contributed by atoms with Crippen LogP contribution in [0.25, 0.3) is 0 Å². The van der Waals surface area contributed by atoms with Crippen molar-refractivity contribution in [1.29, 1.82) is 0 Å². The zero-order chi connectivity index (χ0) is 20.3. The van der Waals surface area contributed by atoms with Gasteiger partial charge in [0.25, 0.3) is 0 Å².